The maximum Gasteiger partial charge on any atom is 0.237 e. The Morgan fingerprint density at radius 3 is 2.72 bits per heavy atom. The van der Waals surface area contributed by atoms with Gasteiger partial charge in [-0.1, -0.05) is 6.92 Å². The first-order valence-corrected chi connectivity index (χ1v) is 5.97. The van der Waals surface area contributed by atoms with E-state index in [4.69, 9.17) is 4.74 Å². The predicted octanol–water partition coefficient (Wildman–Crippen LogP) is 1.74. The number of ether oxygens (including phenoxy) is 1. The van der Waals surface area contributed by atoms with Gasteiger partial charge < -0.3 is 4.74 Å². The zero-order valence-corrected chi connectivity index (χ0v) is 11.1. The van der Waals surface area contributed by atoms with Crippen molar-refractivity contribution in [3.05, 3.63) is 23.1 Å². The normalized spacial score (nSPS) is 10.9. The fraction of sp³-hybridized carbons (Fsp3) is 0.462. The Hall–Kier alpha value is -1.91. The summed E-state index contributed by atoms with van der Waals surface area (Å²) in [4.78, 5) is 19.8. The highest BCUT2D eigenvalue weighted by Crippen LogP contribution is 2.22. The number of ketones is 1. The lowest BCUT2D eigenvalue weighted by molar-refractivity contribution is -0.116. The van der Waals surface area contributed by atoms with Gasteiger partial charge in [-0.05, 0) is 20.3 Å². The molecule has 0 fully saturated rings. The van der Waals surface area contributed by atoms with Crippen LogP contribution in [-0.2, 0) is 17.6 Å². The molecule has 0 saturated heterocycles. The zero-order chi connectivity index (χ0) is 13.3. The summed E-state index contributed by atoms with van der Waals surface area (Å²) in [5.74, 6) is 1.29. The van der Waals surface area contributed by atoms with Gasteiger partial charge in [0, 0.05) is 17.5 Å². The van der Waals surface area contributed by atoms with Gasteiger partial charge in [-0.2, -0.15) is 4.98 Å². The first-order valence-electron chi connectivity index (χ1n) is 5.97. The lowest BCUT2D eigenvalue weighted by Crippen LogP contribution is -2.03. The summed E-state index contributed by atoms with van der Waals surface area (Å²) in [6, 6.07) is 0. The van der Waals surface area contributed by atoms with Gasteiger partial charge in [-0.15, -0.1) is 0 Å². The van der Waals surface area contributed by atoms with Crippen molar-refractivity contribution in [2.75, 3.05) is 7.11 Å². The minimum absolute atomic E-state index is 0.0961. The van der Waals surface area contributed by atoms with Crippen LogP contribution < -0.4 is 4.74 Å². The molecule has 0 saturated carbocycles. The summed E-state index contributed by atoms with van der Waals surface area (Å²) in [5, 5.41) is 0. The number of Topliss-reactive ketones (excluding diaryl/α,β-unsaturated/α-hetero) is 1. The van der Waals surface area contributed by atoms with E-state index in [-0.39, 0.29) is 5.78 Å². The molecule has 0 bridgehead atoms. The summed E-state index contributed by atoms with van der Waals surface area (Å²) in [6.07, 6.45) is 3.06. The molecule has 0 spiro atoms. The first-order chi connectivity index (χ1) is 8.56. The molecule has 0 amide bonds. The number of aryl methyl sites for hydroxylation is 1. The van der Waals surface area contributed by atoms with Gasteiger partial charge in [-0.25, -0.2) is 4.98 Å². The minimum atomic E-state index is 0.0961. The zero-order valence-electron chi connectivity index (χ0n) is 11.1. The molecule has 0 atom stereocenters. The van der Waals surface area contributed by atoms with Crippen LogP contribution in [0.4, 0.5) is 0 Å². The Balaban J connectivity index is 2.61. The number of hydrogen-bond acceptors (Lipinski definition) is 4. The Morgan fingerprint density at radius 1 is 1.44 bits per heavy atom. The van der Waals surface area contributed by atoms with Crippen molar-refractivity contribution in [3.63, 3.8) is 0 Å². The summed E-state index contributed by atoms with van der Waals surface area (Å²) in [7, 11) is 1.61. The highest BCUT2D eigenvalue weighted by atomic mass is 16.5. The Bertz CT molecular complexity index is 602. The van der Waals surface area contributed by atoms with Crippen LogP contribution in [0.15, 0.2) is 6.20 Å². The van der Waals surface area contributed by atoms with Crippen LogP contribution in [0.2, 0.25) is 0 Å². The number of rotatable bonds is 4. The van der Waals surface area contributed by atoms with Crippen molar-refractivity contribution in [1.29, 1.82) is 0 Å². The second-order valence-corrected chi connectivity index (χ2v) is 4.32. The standard InChI is InChI=1S/C13H17N3O2/c1-5-11-9(3)16-7-10(6-8(2)17)14-13(16)15-12(11)18-4/h7H,5-6H2,1-4H3. The van der Waals surface area contributed by atoms with E-state index in [1.165, 1.54) is 0 Å². The van der Waals surface area contributed by atoms with Crippen molar-refractivity contribution in [2.45, 2.75) is 33.6 Å². The second-order valence-electron chi connectivity index (χ2n) is 4.32. The lowest BCUT2D eigenvalue weighted by atomic mass is 10.2. The van der Waals surface area contributed by atoms with Crippen LogP contribution >= 0.6 is 0 Å². The molecule has 96 valence electrons. The second kappa shape index (κ2) is 4.76. The van der Waals surface area contributed by atoms with Gasteiger partial charge in [0.1, 0.15) is 5.78 Å². The van der Waals surface area contributed by atoms with Gasteiger partial charge in [0.2, 0.25) is 11.7 Å². The van der Waals surface area contributed by atoms with Crippen molar-refractivity contribution in [2.24, 2.45) is 0 Å². The molecule has 0 aliphatic rings. The molecule has 0 aliphatic heterocycles. The van der Waals surface area contributed by atoms with E-state index in [2.05, 4.69) is 16.9 Å². The Kier molecular flexibility index (Phi) is 3.32. The summed E-state index contributed by atoms with van der Waals surface area (Å²) in [5.41, 5.74) is 2.87. The van der Waals surface area contributed by atoms with Crippen molar-refractivity contribution in [3.8, 4) is 5.88 Å². The molecular formula is C13H17N3O2. The number of carbonyl (C=O) groups is 1. The van der Waals surface area contributed by atoms with Crippen LogP contribution in [0.25, 0.3) is 5.78 Å². The third-order valence-corrected chi connectivity index (χ3v) is 2.97. The molecular weight excluding hydrogens is 230 g/mol. The summed E-state index contributed by atoms with van der Waals surface area (Å²) >= 11 is 0. The topological polar surface area (TPSA) is 56.5 Å². The minimum Gasteiger partial charge on any atom is -0.481 e. The van der Waals surface area contributed by atoms with E-state index in [9.17, 15) is 4.79 Å². The Morgan fingerprint density at radius 2 is 2.17 bits per heavy atom. The third kappa shape index (κ3) is 2.08. The van der Waals surface area contributed by atoms with E-state index in [0.29, 0.717) is 18.1 Å². The molecule has 5 nitrogen and oxygen atoms in total. The van der Waals surface area contributed by atoms with Crippen LogP contribution in [0.5, 0.6) is 5.88 Å². The maximum absolute atomic E-state index is 11.1. The molecule has 0 N–H and O–H groups in total. The number of hydrogen-bond donors (Lipinski definition) is 0. The molecule has 2 aromatic heterocycles. The molecule has 0 aliphatic carbocycles. The largest absolute Gasteiger partial charge is 0.481 e. The van der Waals surface area contributed by atoms with Crippen LogP contribution in [0, 0.1) is 6.92 Å². The highest BCUT2D eigenvalue weighted by molar-refractivity contribution is 5.77. The van der Waals surface area contributed by atoms with E-state index in [1.54, 1.807) is 14.0 Å². The smallest absolute Gasteiger partial charge is 0.237 e. The van der Waals surface area contributed by atoms with Crippen molar-refractivity contribution >= 4 is 11.6 Å². The molecule has 2 rings (SSSR count). The number of imidazole rings is 1. The SMILES string of the molecule is CCc1c(OC)nc2nc(CC(C)=O)cn2c1C. The summed E-state index contributed by atoms with van der Waals surface area (Å²) in [6.45, 7) is 5.63. The lowest BCUT2D eigenvalue weighted by Gasteiger charge is -2.10. The molecule has 0 aromatic carbocycles. The fourth-order valence-corrected chi connectivity index (χ4v) is 2.12. The fourth-order valence-electron chi connectivity index (χ4n) is 2.12. The van der Waals surface area contributed by atoms with Crippen molar-refractivity contribution in [1.82, 2.24) is 14.4 Å². The average Bonchev–Trinajstić information content (AvgIpc) is 2.70. The highest BCUT2D eigenvalue weighted by Gasteiger charge is 2.14. The first kappa shape index (κ1) is 12.5. The number of aromatic nitrogens is 3. The molecule has 0 radical (unpaired) electrons. The molecule has 5 heteroatoms. The molecule has 2 aromatic rings. The maximum atomic E-state index is 11.1. The monoisotopic (exact) mass is 247 g/mol. The number of carbonyl (C=O) groups excluding carboxylic acids is 1. The van der Waals surface area contributed by atoms with Crippen LogP contribution in [0.1, 0.15) is 30.8 Å². The average molecular weight is 247 g/mol. The van der Waals surface area contributed by atoms with Gasteiger partial charge in [-0.3, -0.25) is 9.20 Å². The van der Waals surface area contributed by atoms with Gasteiger partial charge >= 0.3 is 0 Å². The third-order valence-electron chi connectivity index (χ3n) is 2.97. The van der Waals surface area contributed by atoms with Crippen LogP contribution in [0.3, 0.4) is 0 Å². The molecule has 2 heterocycles. The quantitative estimate of drug-likeness (QED) is 0.825. The van der Waals surface area contributed by atoms with Gasteiger partial charge in [0.15, 0.2) is 0 Å². The summed E-state index contributed by atoms with van der Waals surface area (Å²) < 4.78 is 7.20. The van der Waals surface area contributed by atoms with E-state index in [1.807, 2.05) is 17.5 Å². The van der Waals surface area contributed by atoms with Gasteiger partial charge in [0.05, 0.1) is 19.2 Å². The van der Waals surface area contributed by atoms with E-state index >= 15 is 0 Å². The number of methoxy groups -OCH3 is 1. The molecule has 18 heavy (non-hydrogen) atoms. The Labute approximate surface area is 106 Å². The number of fused-ring (bicyclic) bond motifs is 1. The van der Waals surface area contributed by atoms with Crippen LogP contribution in [-0.4, -0.2) is 27.3 Å². The van der Waals surface area contributed by atoms with Gasteiger partial charge in [0.25, 0.3) is 0 Å². The van der Waals surface area contributed by atoms with E-state index in [0.717, 1.165) is 23.4 Å². The van der Waals surface area contributed by atoms with E-state index < -0.39 is 0 Å². The number of nitrogens with zero attached hydrogens (tertiary/aromatic N) is 3. The van der Waals surface area contributed by atoms with Crippen molar-refractivity contribution < 1.29 is 9.53 Å². The molecule has 0 unspecified atom stereocenters. The predicted molar refractivity (Wildman–Crippen MR) is 68.0 cm³/mol.